The van der Waals surface area contributed by atoms with E-state index in [0.717, 1.165) is 70.5 Å². The molecular formula is C30H25N5. The molecule has 0 spiro atoms. The minimum absolute atomic E-state index is 0.363. The second-order valence-electron chi connectivity index (χ2n) is 9.29. The maximum Gasteiger partial charge on any atom is 0.160 e. The summed E-state index contributed by atoms with van der Waals surface area (Å²) in [4.78, 5) is 14.8. The molecule has 1 saturated heterocycles. The van der Waals surface area contributed by atoms with Crippen LogP contribution in [0.3, 0.4) is 0 Å². The predicted octanol–water partition coefficient (Wildman–Crippen LogP) is 6.39. The van der Waals surface area contributed by atoms with Crippen LogP contribution in [0.5, 0.6) is 0 Å². The normalized spacial score (nSPS) is 14.7. The lowest BCUT2D eigenvalue weighted by Crippen LogP contribution is -2.29. The summed E-state index contributed by atoms with van der Waals surface area (Å²) in [5.74, 6) is 0.980. The molecule has 1 fully saturated rings. The first kappa shape index (κ1) is 20.3. The van der Waals surface area contributed by atoms with E-state index in [-0.39, 0.29) is 0 Å². The van der Waals surface area contributed by atoms with E-state index < -0.39 is 0 Å². The van der Waals surface area contributed by atoms with Crippen molar-refractivity contribution in [2.75, 3.05) is 13.1 Å². The fraction of sp³-hybridized carbons (Fsp3) is 0.167. The minimum Gasteiger partial charge on any atom is -0.317 e. The molecule has 1 aliphatic heterocycles. The number of imidazole rings is 1. The minimum atomic E-state index is 0.363. The topological polar surface area (TPSA) is 55.6 Å². The number of rotatable bonds is 3. The molecule has 1 aliphatic rings. The Bertz CT molecular complexity index is 1690. The molecule has 5 nitrogen and oxygen atoms in total. The van der Waals surface area contributed by atoms with E-state index in [9.17, 15) is 0 Å². The number of fused-ring (bicyclic) bond motifs is 3. The van der Waals surface area contributed by atoms with Gasteiger partial charge < -0.3 is 9.88 Å². The zero-order valence-corrected chi connectivity index (χ0v) is 19.4. The summed E-state index contributed by atoms with van der Waals surface area (Å²) >= 11 is 0. The Morgan fingerprint density at radius 1 is 0.743 bits per heavy atom. The summed E-state index contributed by atoms with van der Waals surface area (Å²) < 4.78 is 2.38. The van der Waals surface area contributed by atoms with Crippen LogP contribution in [-0.2, 0) is 0 Å². The summed E-state index contributed by atoms with van der Waals surface area (Å²) in [6, 6.07) is 28.0. The van der Waals surface area contributed by atoms with Crippen LogP contribution in [0.2, 0.25) is 0 Å². The molecule has 35 heavy (non-hydrogen) atoms. The summed E-state index contributed by atoms with van der Waals surface area (Å²) in [7, 11) is 0. The standard InChI is InChI=1S/C30H25N5/c1-2-6-21-17-22(10-9-20(21)5-1)23-18-28-30(33-19-23)35(24-11-14-31-15-12-24)29(34-28)26-13-16-32-27-8-4-3-7-25(26)27/h1-10,13,16-19,24,31H,11-12,14-15H2. The van der Waals surface area contributed by atoms with E-state index in [1.165, 1.54) is 10.8 Å². The number of nitrogens with zero attached hydrogens (tertiary/aromatic N) is 4. The molecule has 7 rings (SSSR count). The SMILES string of the molecule is c1ccc2cc(-c3cnc4c(c3)nc(-c3ccnc5ccccc35)n4C3CCNCC3)ccc2c1. The summed E-state index contributed by atoms with van der Waals surface area (Å²) in [5.41, 5.74) is 6.23. The maximum absolute atomic E-state index is 5.21. The van der Waals surface area contributed by atoms with Gasteiger partial charge >= 0.3 is 0 Å². The van der Waals surface area contributed by atoms with Crippen LogP contribution in [0, 0.1) is 0 Å². The lowest BCUT2D eigenvalue weighted by Gasteiger charge is -2.26. The van der Waals surface area contributed by atoms with Crippen molar-refractivity contribution in [2.45, 2.75) is 18.9 Å². The Hall–Kier alpha value is -4.09. The van der Waals surface area contributed by atoms with Gasteiger partial charge in [0, 0.05) is 34.9 Å². The highest BCUT2D eigenvalue weighted by Gasteiger charge is 2.24. The average Bonchev–Trinajstić information content (AvgIpc) is 3.31. The number of pyridine rings is 2. The van der Waals surface area contributed by atoms with Gasteiger partial charge in [0.05, 0.1) is 5.52 Å². The Balaban J connectivity index is 1.44. The van der Waals surface area contributed by atoms with Gasteiger partial charge in [0.1, 0.15) is 11.3 Å². The fourth-order valence-electron chi connectivity index (χ4n) is 5.40. The van der Waals surface area contributed by atoms with Crippen LogP contribution >= 0.6 is 0 Å². The molecule has 0 amide bonds. The number of aromatic nitrogens is 4. The Morgan fingerprint density at radius 2 is 1.57 bits per heavy atom. The molecule has 1 N–H and O–H groups in total. The Morgan fingerprint density at radius 3 is 2.49 bits per heavy atom. The maximum atomic E-state index is 5.21. The number of nitrogens with one attached hydrogen (secondary N) is 1. The van der Waals surface area contributed by atoms with Crippen molar-refractivity contribution < 1.29 is 0 Å². The van der Waals surface area contributed by atoms with E-state index in [4.69, 9.17) is 9.97 Å². The number of hydrogen-bond acceptors (Lipinski definition) is 4. The van der Waals surface area contributed by atoms with Crippen molar-refractivity contribution in [2.24, 2.45) is 0 Å². The number of benzene rings is 3. The smallest absolute Gasteiger partial charge is 0.160 e. The monoisotopic (exact) mass is 455 g/mol. The molecule has 3 aromatic carbocycles. The number of hydrogen-bond donors (Lipinski definition) is 1. The van der Waals surface area contributed by atoms with Crippen LogP contribution in [0.1, 0.15) is 18.9 Å². The van der Waals surface area contributed by atoms with Crippen LogP contribution in [-0.4, -0.2) is 32.6 Å². The van der Waals surface area contributed by atoms with Crippen molar-refractivity contribution in [3.8, 4) is 22.5 Å². The lowest BCUT2D eigenvalue weighted by atomic mass is 10.0. The highest BCUT2D eigenvalue weighted by molar-refractivity contribution is 5.95. The van der Waals surface area contributed by atoms with E-state index in [0.29, 0.717) is 6.04 Å². The van der Waals surface area contributed by atoms with Gasteiger partial charge in [0.2, 0.25) is 0 Å². The molecule has 4 heterocycles. The van der Waals surface area contributed by atoms with Crippen molar-refractivity contribution in [1.29, 1.82) is 0 Å². The molecule has 0 unspecified atom stereocenters. The van der Waals surface area contributed by atoms with Crippen molar-refractivity contribution >= 4 is 32.8 Å². The van der Waals surface area contributed by atoms with Gasteiger partial charge in [-0.2, -0.15) is 0 Å². The molecule has 0 atom stereocenters. The third kappa shape index (κ3) is 3.47. The summed E-state index contributed by atoms with van der Waals surface area (Å²) in [6.45, 7) is 2.02. The van der Waals surface area contributed by atoms with Crippen LogP contribution in [0.25, 0.3) is 55.4 Å². The third-order valence-electron chi connectivity index (χ3n) is 7.18. The van der Waals surface area contributed by atoms with Gasteiger partial charge in [-0.3, -0.25) is 4.98 Å². The van der Waals surface area contributed by atoms with Crippen molar-refractivity contribution in [3.63, 3.8) is 0 Å². The number of piperidine rings is 1. The second kappa shape index (κ2) is 8.29. The average molecular weight is 456 g/mol. The Kier molecular flexibility index (Phi) is 4.81. The first-order chi connectivity index (χ1) is 17.3. The molecule has 0 bridgehead atoms. The molecule has 6 aromatic rings. The van der Waals surface area contributed by atoms with Gasteiger partial charge in [-0.15, -0.1) is 0 Å². The first-order valence-electron chi connectivity index (χ1n) is 12.3. The molecule has 0 radical (unpaired) electrons. The molecule has 3 aromatic heterocycles. The molecule has 170 valence electrons. The van der Waals surface area contributed by atoms with Gasteiger partial charge in [-0.05, 0) is 66.5 Å². The van der Waals surface area contributed by atoms with Crippen LogP contribution in [0.4, 0.5) is 0 Å². The van der Waals surface area contributed by atoms with E-state index in [1.54, 1.807) is 0 Å². The van der Waals surface area contributed by atoms with Gasteiger partial charge in [0.15, 0.2) is 5.65 Å². The molecule has 5 heteroatoms. The highest BCUT2D eigenvalue weighted by atomic mass is 15.2. The van der Waals surface area contributed by atoms with Crippen LogP contribution in [0.15, 0.2) is 91.3 Å². The van der Waals surface area contributed by atoms with Crippen LogP contribution < -0.4 is 5.32 Å². The van der Waals surface area contributed by atoms with Crippen molar-refractivity contribution in [3.05, 3.63) is 91.3 Å². The summed E-state index contributed by atoms with van der Waals surface area (Å²) in [6.07, 6.45) is 6.02. The molecule has 0 saturated carbocycles. The molecular weight excluding hydrogens is 430 g/mol. The van der Waals surface area contributed by atoms with E-state index in [2.05, 4.69) is 87.7 Å². The Labute approximate surface area is 203 Å². The third-order valence-corrected chi connectivity index (χ3v) is 7.18. The molecule has 0 aliphatic carbocycles. The second-order valence-corrected chi connectivity index (χ2v) is 9.29. The van der Waals surface area contributed by atoms with Gasteiger partial charge in [-0.25, -0.2) is 9.97 Å². The zero-order chi connectivity index (χ0) is 23.2. The first-order valence-corrected chi connectivity index (χ1v) is 12.3. The predicted molar refractivity (Wildman–Crippen MR) is 142 cm³/mol. The lowest BCUT2D eigenvalue weighted by molar-refractivity contribution is 0.376. The number of para-hydroxylation sites is 1. The summed E-state index contributed by atoms with van der Waals surface area (Å²) in [5, 5.41) is 7.09. The highest BCUT2D eigenvalue weighted by Crippen LogP contribution is 2.35. The van der Waals surface area contributed by atoms with Crippen molar-refractivity contribution in [1.82, 2.24) is 24.8 Å². The quantitative estimate of drug-likeness (QED) is 0.336. The largest absolute Gasteiger partial charge is 0.317 e. The zero-order valence-electron chi connectivity index (χ0n) is 19.4. The fourth-order valence-corrected chi connectivity index (χ4v) is 5.40. The van der Waals surface area contributed by atoms with E-state index in [1.807, 2.05) is 18.5 Å². The van der Waals surface area contributed by atoms with E-state index >= 15 is 0 Å². The van der Waals surface area contributed by atoms with Gasteiger partial charge in [0.25, 0.3) is 0 Å². The van der Waals surface area contributed by atoms with Gasteiger partial charge in [-0.1, -0.05) is 54.6 Å².